The molecule has 114 valence electrons. The lowest BCUT2D eigenvalue weighted by Gasteiger charge is -2.05. The van der Waals surface area contributed by atoms with Gasteiger partial charge in [0.2, 0.25) is 0 Å². The third-order valence-corrected chi connectivity index (χ3v) is 2.45. The molecule has 0 spiro atoms. The summed E-state index contributed by atoms with van der Waals surface area (Å²) in [4.78, 5) is 11.0. The summed E-state index contributed by atoms with van der Waals surface area (Å²) in [5, 5.41) is 8.68. The summed E-state index contributed by atoms with van der Waals surface area (Å²) in [6.07, 6.45) is 2.60. The van der Waals surface area contributed by atoms with E-state index < -0.39 is 0 Å². The van der Waals surface area contributed by atoms with Crippen LogP contribution in [0, 0.1) is 0 Å². The first kappa shape index (κ1) is 18.4. The Labute approximate surface area is 123 Å². The van der Waals surface area contributed by atoms with Crippen LogP contribution in [-0.4, -0.2) is 25.2 Å². The molecule has 2 amide bonds. The van der Waals surface area contributed by atoms with Crippen molar-refractivity contribution < 1.29 is 4.79 Å². The minimum atomic E-state index is -0.163. The second-order valence-electron chi connectivity index (χ2n) is 4.81. The molecule has 0 aliphatic rings. The van der Waals surface area contributed by atoms with Gasteiger partial charge in [0, 0.05) is 18.3 Å². The van der Waals surface area contributed by atoms with E-state index in [0.29, 0.717) is 12.6 Å². The molecule has 0 radical (unpaired) electrons. The van der Waals surface area contributed by atoms with Crippen LogP contribution in [0.15, 0.2) is 30.3 Å². The molecule has 0 aliphatic carbocycles. The van der Waals surface area contributed by atoms with Crippen LogP contribution in [0.25, 0.3) is 0 Å². The van der Waals surface area contributed by atoms with Crippen LogP contribution in [0.5, 0.6) is 0 Å². The average Bonchev–Trinajstić information content (AvgIpc) is 2.41. The van der Waals surface area contributed by atoms with Crippen LogP contribution in [-0.2, 0) is 0 Å². The normalized spacial score (nSPS) is 9.65. The van der Waals surface area contributed by atoms with Crippen LogP contribution in [0.4, 0.5) is 10.5 Å². The maximum absolute atomic E-state index is 11.0. The third kappa shape index (κ3) is 11.5. The van der Waals surface area contributed by atoms with Crippen molar-refractivity contribution in [2.45, 2.75) is 46.6 Å². The fraction of sp³-hybridized carbons (Fsp3) is 0.562. The van der Waals surface area contributed by atoms with Gasteiger partial charge in [-0.3, -0.25) is 0 Å². The van der Waals surface area contributed by atoms with E-state index in [0.717, 1.165) is 5.69 Å². The molecular weight excluding hydrogens is 250 g/mol. The zero-order valence-corrected chi connectivity index (χ0v) is 13.2. The van der Waals surface area contributed by atoms with Crippen molar-refractivity contribution in [1.29, 1.82) is 0 Å². The first-order chi connectivity index (χ1) is 9.60. The Bertz CT molecular complexity index is 339. The highest BCUT2D eigenvalue weighted by atomic mass is 16.2. The largest absolute Gasteiger partial charge is 0.338 e. The van der Waals surface area contributed by atoms with Crippen LogP contribution < -0.4 is 16.0 Å². The van der Waals surface area contributed by atoms with Crippen molar-refractivity contribution in [3.05, 3.63) is 30.3 Å². The first-order valence-electron chi connectivity index (χ1n) is 7.43. The summed E-state index contributed by atoms with van der Waals surface area (Å²) >= 11 is 0. The molecule has 4 nitrogen and oxygen atoms in total. The lowest BCUT2D eigenvalue weighted by molar-refractivity contribution is 0.252. The van der Waals surface area contributed by atoms with Gasteiger partial charge >= 0.3 is 6.03 Å². The van der Waals surface area contributed by atoms with Gasteiger partial charge in [-0.1, -0.05) is 45.4 Å². The Hall–Kier alpha value is -1.55. The number of carbonyl (C=O) groups excluding carboxylic acids is 1. The van der Waals surface area contributed by atoms with E-state index in [9.17, 15) is 4.79 Å². The molecular formula is C16H29N3O. The molecule has 0 bridgehead atoms. The van der Waals surface area contributed by atoms with E-state index in [2.05, 4.69) is 36.7 Å². The van der Waals surface area contributed by atoms with Gasteiger partial charge in [-0.2, -0.15) is 0 Å². The van der Waals surface area contributed by atoms with Crippen molar-refractivity contribution in [2.75, 3.05) is 18.4 Å². The zero-order chi connectivity index (χ0) is 15.2. The number of benzene rings is 1. The standard InChI is InChI=1S/C9H12N2O.C7H17N/c1-2-10-9(12)11-8-6-4-3-5-7-8;1-4-5-6-8-7(2)3/h3-7H,2H2,1H3,(H2,10,11,12);7-8H,4-6H2,1-3H3. The minimum absolute atomic E-state index is 0.163. The average molecular weight is 279 g/mol. The Kier molecular flexibility index (Phi) is 11.5. The molecule has 20 heavy (non-hydrogen) atoms. The first-order valence-corrected chi connectivity index (χ1v) is 7.43. The van der Waals surface area contributed by atoms with Crippen LogP contribution >= 0.6 is 0 Å². The van der Waals surface area contributed by atoms with E-state index in [1.54, 1.807) is 0 Å². The molecule has 4 heteroatoms. The van der Waals surface area contributed by atoms with Crippen molar-refractivity contribution in [3.8, 4) is 0 Å². The predicted molar refractivity (Wildman–Crippen MR) is 87.2 cm³/mol. The topological polar surface area (TPSA) is 53.2 Å². The summed E-state index contributed by atoms with van der Waals surface area (Å²) in [6.45, 7) is 10.3. The van der Waals surface area contributed by atoms with Crippen LogP contribution in [0.1, 0.15) is 40.5 Å². The number of para-hydroxylation sites is 1. The highest BCUT2D eigenvalue weighted by molar-refractivity contribution is 5.89. The molecule has 1 aromatic carbocycles. The summed E-state index contributed by atoms with van der Waals surface area (Å²) in [5.41, 5.74) is 0.809. The van der Waals surface area contributed by atoms with E-state index >= 15 is 0 Å². The summed E-state index contributed by atoms with van der Waals surface area (Å²) in [7, 11) is 0. The van der Waals surface area contributed by atoms with Crippen molar-refractivity contribution in [3.63, 3.8) is 0 Å². The number of rotatable bonds is 6. The van der Waals surface area contributed by atoms with E-state index in [4.69, 9.17) is 0 Å². The predicted octanol–water partition coefficient (Wildman–Crippen LogP) is 3.61. The number of anilines is 1. The van der Waals surface area contributed by atoms with Gasteiger partial charge < -0.3 is 16.0 Å². The maximum atomic E-state index is 11.0. The highest BCUT2D eigenvalue weighted by Gasteiger charge is 1.96. The van der Waals surface area contributed by atoms with Gasteiger partial charge in [-0.05, 0) is 32.0 Å². The van der Waals surface area contributed by atoms with Crippen LogP contribution in [0.3, 0.4) is 0 Å². The number of amides is 2. The molecule has 0 aromatic heterocycles. The Morgan fingerprint density at radius 1 is 1.15 bits per heavy atom. The number of nitrogens with one attached hydrogen (secondary N) is 3. The Morgan fingerprint density at radius 2 is 1.80 bits per heavy atom. The smallest absolute Gasteiger partial charge is 0.319 e. The van der Waals surface area contributed by atoms with Gasteiger partial charge in [0.1, 0.15) is 0 Å². The van der Waals surface area contributed by atoms with Gasteiger partial charge in [0.25, 0.3) is 0 Å². The van der Waals surface area contributed by atoms with Gasteiger partial charge in [0.15, 0.2) is 0 Å². The van der Waals surface area contributed by atoms with E-state index in [1.165, 1.54) is 19.4 Å². The molecule has 0 unspecified atom stereocenters. The summed E-state index contributed by atoms with van der Waals surface area (Å²) < 4.78 is 0. The fourth-order valence-corrected chi connectivity index (χ4v) is 1.42. The molecule has 0 heterocycles. The van der Waals surface area contributed by atoms with Crippen molar-refractivity contribution in [2.24, 2.45) is 0 Å². The molecule has 0 aliphatic heterocycles. The molecule has 1 rings (SSSR count). The SMILES string of the molecule is CCCCNC(C)C.CCNC(=O)Nc1ccccc1. The Balaban J connectivity index is 0.000000396. The molecule has 0 saturated heterocycles. The third-order valence-electron chi connectivity index (χ3n) is 2.45. The lowest BCUT2D eigenvalue weighted by atomic mass is 10.3. The second-order valence-corrected chi connectivity index (χ2v) is 4.81. The molecule has 3 N–H and O–H groups in total. The Morgan fingerprint density at radius 3 is 2.30 bits per heavy atom. The van der Waals surface area contributed by atoms with Gasteiger partial charge in [-0.15, -0.1) is 0 Å². The summed E-state index contributed by atoms with van der Waals surface area (Å²) in [6, 6.07) is 9.83. The van der Waals surface area contributed by atoms with Crippen molar-refractivity contribution in [1.82, 2.24) is 10.6 Å². The second kappa shape index (κ2) is 12.5. The minimum Gasteiger partial charge on any atom is -0.338 e. The molecule has 0 saturated carbocycles. The summed E-state index contributed by atoms with van der Waals surface area (Å²) in [5.74, 6) is 0. The molecule has 1 aromatic rings. The monoisotopic (exact) mass is 279 g/mol. The number of hydrogen-bond acceptors (Lipinski definition) is 2. The molecule has 0 atom stereocenters. The van der Waals surface area contributed by atoms with Crippen LogP contribution in [0.2, 0.25) is 0 Å². The van der Waals surface area contributed by atoms with E-state index in [-0.39, 0.29) is 6.03 Å². The zero-order valence-electron chi connectivity index (χ0n) is 13.2. The lowest BCUT2D eigenvalue weighted by Crippen LogP contribution is -2.28. The highest BCUT2D eigenvalue weighted by Crippen LogP contribution is 2.03. The quantitative estimate of drug-likeness (QED) is 0.697. The number of carbonyl (C=O) groups is 1. The number of unbranched alkanes of at least 4 members (excludes halogenated alkanes) is 1. The van der Waals surface area contributed by atoms with Gasteiger partial charge in [-0.25, -0.2) is 4.79 Å². The molecule has 0 fully saturated rings. The maximum Gasteiger partial charge on any atom is 0.319 e. The van der Waals surface area contributed by atoms with E-state index in [1.807, 2.05) is 37.3 Å². The van der Waals surface area contributed by atoms with Gasteiger partial charge in [0.05, 0.1) is 0 Å². The number of urea groups is 1. The number of hydrogen-bond donors (Lipinski definition) is 3. The fourth-order valence-electron chi connectivity index (χ4n) is 1.42. The van der Waals surface area contributed by atoms with Crippen molar-refractivity contribution >= 4 is 11.7 Å².